The fourth-order valence-electron chi connectivity index (χ4n) is 2.16. The van der Waals surface area contributed by atoms with Gasteiger partial charge in [0, 0.05) is 24.0 Å². The van der Waals surface area contributed by atoms with E-state index in [9.17, 15) is 14.0 Å². The Morgan fingerprint density at radius 1 is 0.826 bits per heavy atom. The predicted octanol–water partition coefficient (Wildman–Crippen LogP) is 3.69. The molecule has 0 amide bonds. The van der Waals surface area contributed by atoms with Crippen LogP contribution in [-0.2, 0) is 0 Å². The Labute approximate surface area is 133 Å². The average Bonchev–Trinajstić information content (AvgIpc) is 2.59. The minimum absolute atomic E-state index is 0.0683. The van der Waals surface area contributed by atoms with Crippen LogP contribution in [0.2, 0.25) is 0 Å². The minimum Gasteiger partial charge on any atom is -0.493 e. The van der Waals surface area contributed by atoms with Gasteiger partial charge in [0.25, 0.3) is 0 Å². The van der Waals surface area contributed by atoms with Crippen molar-refractivity contribution in [1.82, 2.24) is 0 Å². The van der Waals surface area contributed by atoms with Gasteiger partial charge in [-0.2, -0.15) is 0 Å². The highest BCUT2D eigenvalue weighted by atomic mass is 19.1. The summed E-state index contributed by atoms with van der Waals surface area (Å²) in [7, 11) is 3.00. The molecule has 0 spiro atoms. The van der Waals surface area contributed by atoms with Crippen molar-refractivity contribution in [1.29, 1.82) is 0 Å². The number of Topliss-reactive ketones (excluding diaryl/α,β-unsaturated/α-hetero) is 2. The van der Waals surface area contributed by atoms with Crippen molar-refractivity contribution in [3.05, 3.63) is 59.4 Å². The lowest BCUT2D eigenvalue weighted by Crippen LogP contribution is -2.06. The molecule has 2 aromatic rings. The van der Waals surface area contributed by atoms with E-state index in [0.29, 0.717) is 22.6 Å². The summed E-state index contributed by atoms with van der Waals surface area (Å²) >= 11 is 0. The van der Waals surface area contributed by atoms with Crippen molar-refractivity contribution in [3.63, 3.8) is 0 Å². The van der Waals surface area contributed by atoms with Gasteiger partial charge in [-0.15, -0.1) is 0 Å². The fourth-order valence-corrected chi connectivity index (χ4v) is 2.16. The zero-order valence-corrected chi connectivity index (χ0v) is 13.0. The van der Waals surface area contributed by atoms with E-state index in [1.165, 1.54) is 38.5 Å². The fraction of sp³-hybridized carbons (Fsp3) is 0.222. The highest BCUT2D eigenvalue weighted by Gasteiger charge is 2.13. The van der Waals surface area contributed by atoms with Crippen molar-refractivity contribution in [2.45, 2.75) is 12.8 Å². The van der Waals surface area contributed by atoms with Gasteiger partial charge in [-0.1, -0.05) is 0 Å². The molecule has 0 radical (unpaired) electrons. The third-order valence-electron chi connectivity index (χ3n) is 3.45. The zero-order valence-electron chi connectivity index (χ0n) is 13.0. The molecule has 0 aliphatic rings. The van der Waals surface area contributed by atoms with Crippen LogP contribution in [0.1, 0.15) is 33.6 Å². The van der Waals surface area contributed by atoms with Crippen LogP contribution >= 0.6 is 0 Å². The molecular weight excluding hydrogens is 299 g/mol. The monoisotopic (exact) mass is 316 g/mol. The number of carbonyl (C=O) groups excluding carboxylic acids is 2. The lowest BCUT2D eigenvalue weighted by atomic mass is 10.0. The van der Waals surface area contributed by atoms with Gasteiger partial charge in [0.1, 0.15) is 5.82 Å². The third kappa shape index (κ3) is 4.16. The van der Waals surface area contributed by atoms with Gasteiger partial charge in [-0.3, -0.25) is 9.59 Å². The summed E-state index contributed by atoms with van der Waals surface area (Å²) < 4.78 is 23.1. The van der Waals surface area contributed by atoms with Gasteiger partial charge >= 0.3 is 0 Å². The first-order chi connectivity index (χ1) is 11.0. The maximum absolute atomic E-state index is 12.8. The van der Waals surface area contributed by atoms with Gasteiger partial charge in [-0.05, 0) is 42.5 Å². The molecule has 0 saturated heterocycles. The van der Waals surface area contributed by atoms with E-state index in [0.717, 1.165) is 0 Å². The summed E-state index contributed by atoms with van der Waals surface area (Å²) in [6.45, 7) is 0. The van der Waals surface area contributed by atoms with Crippen molar-refractivity contribution >= 4 is 11.6 Å². The molecule has 2 aromatic carbocycles. The van der Waals surface area contributed by atoms with E-state index in [-0.39, 0.29) is 24.4 Å². The molecule has 2 rings (SSSR count). The lowest BCUT2D eigenvalue weighted by Gasteiger charge is -2.09. The SMILES string of the molecule is COc1ccc(C(=O)CCC(=O)c2ccc(F)cc2)cc1OC. The number of hydrogen-bond donors (Lipinski definition) is 0. The molecule has 0 heterocycles. The second-order valence-corrected chi connectivity index (χ2v) is 4.92. The van der Waals surface area contributed by atoms with Gasteiger partial charge in [0.15, 0.2) is 23.1 Å². The Morgan fingerprint density at radius 3 is 1.91 bits per heavy atom. The van der Waals surface area contributed by atoms with Crippen LogP contribution in [-0.4, -0.2) is 25.8 Å². The Bertz CT molecular complexity index is 707. The maximum Gasteiger partial charge on any atom is 0.163 e. The molecular formula is C18H17FO4. The summed E-state index contributed by atoms with van der Waals surface area (Å²) in [5.41, 5.74) is 0.848. The van der Waals surface area contributed by atoms with Crippen molar-refractivity contribution < 1.29 is 23.5 Å². The van der Waals surface area contributed by atoms with E-state index in [4.69, 9.17) is 9.47 Å². The van der Waals surface area contributed by atoms with Gasteiger partial charge in [-0.25, -0.2) is 4.39 Å². The van der Waals surface area contributed by atoms with Gasteiger partial charge in [0.05, 0.1) is 14.2 Å². The molecule has 120 valence electrons. The standard InChI is InChI=1S/C18H17FO4/c1-22-17-10-5-13(11-18(17)23-2)16(21)9-8-15(20)12-3-6-14(19)7-4-12/h3-7,10-11H,8-9H2,1-2H3. The van der Waals surface area contributed by atoms with Crippen LogP contribution in [0.4, 0.5) is 4.39 Å². The number of rotatable bonds is 7. The highest BCUT2D eigenvalue weighted by Crippen LogP contribution is 2.28. The molecule has 4 nitrogen and oxygen atoms in total. The van der Waals surface area contributed by atoms with E-state index < -0.39 is 5.82 Å². The Hall–Kier alpha value is -2.69. The zero-order chi connectivity index (χ0) is 16.8. The molecule has 0 saturated carbocycles. The van der Waals surface area contributed by atoms with E-state index in [2.05, 4.69) is 0 Å². The molecule has 0 aliphatic heterocycles. The first kappa shape index (κ1) is 16.7. The van der Waals surface area contributed by atoms with Crippen LogP contribution in [0.25, 0.3) is 0 Å². The van der Waals surface area contributed by atoms with Crippen molar-refractivity contribution in [2.24, 2.45) is 0 Å². The number of methoxy groups -OCH3 is 2. The molecule has 0 aromatic heterocycles. The quantitative estimate of drug-likeness (QED) is 0.731. The molecule has 0 N–H and O–H groups in total. The topological polar surface area (TPSA) is 52.6 Å². The summed E-state index contributed by atoms with van der Waals surface area (Å²) in [4.78, 5) is 24.2. The largest absolute Gasteiger partial charge is 0.493 e. The first-order valence-corrected chi connectivity index (χ1v) is 7.09. The molecule has 5 heteroatoms. The van der Waals surface area contributed by atoms with Crippen LogP contribution in [0.3, 0.4) is 0 Å². The molecule has 0 unspecified atom stereocenters. The third-order valence-corrected chi connectivity index (χ3v) is 3.45. The number of ether oxygens (including phenoxy) is 2. The average molecular weight is 316 g/mol. The van der Waals surface area contributed by atoms with E-state index in [1.54, 1.807) is 18.2 Å². The Balaban J connectivity index is 2.02. The second kappa shape index (κ2) is 7.54. The molecule has 0 bridgehead atoms. The number of halogens is 1. The van der Waals surface area contributed by atoms with E-state index in [1.807, 2.05) is 0 Å². The van der Waals surface area contributed by atoms with Crippen molar-refractivity contribution in [3.8, 4) is 11.5 Å². The van der Waals surface area contributed by atoms with Crippen molar-refractivity contribution in [2.75, 3.05) is 14.2 Å². The molecule has 23 heavy (non-hydrogen) atoms. The van der Waals surface area contributed by atoms with Crippen LogP contribution in [0.5, 0.6) is 11.5 Å². The van der Waals surface area contributed by atoms with E-state index >= 15 is 0 Å². The number of hydrogen-bond acceptors (Lipinski definition) is 4. The number of benzene rings is 2. The minimum atomic E-state index is -0.400. The number of ketones is 2. The summed E-state index contributed by atoms with van der Waals surface area (Å²) in [5.74, 6) is 0.234. The second-order valence-electron chi connectivity index (χ2n) is 4.92. The normalized spacial score (nSPS) is 10.2. The highest BCUT2D eigenvalue weighted by molar-refractivity contribution is 6.02. The van der Waals surface area contributed by atoms with Crippen LogP contribution in [0.15, 0.2) is 42.5 Å². The Kier molecular flexibility index (Phi) is 5.46. The lowest BCUT2D eigenvalue weighted by molar-refractivity contribution is 0.0917. The molecule has 0 aliphatic carbocycles. The smallest absolute Gasteiger partial charge is 0.163 e. The molecule has 0 fully saturated rings. The van der Waals surface area contributed by atoms with Gasteiger partial charge in [0.2, 0.25) is 0 Å². The summed E-state index contributed by atoms with van der Waals surface area (Å²) in [6.07, 6.45) is 0.143. The first-order valence-electron chi connectivity index (χ1n) is 7.09. The van der Waals surface area contributed by atoms with Crippen LogP contribution < -0.4 is 9.47 Å². The Morgan fingerprint density at radius 2 is 1.35 bits per heavy atom. The maximum atomic E-state index is 12.8. The molecule has 0 atom stereocenters. The summed E-state index contributed by atoms with van der Waals surface area (Å²) in [5, 5.41) is 0. The summed E-state index contributed by atoms with van der Waals surface area (Å²) in [6, 6.07) is 10.1. The number of carbonyl (C=O) groups is 2. The predicted molar refractivity (Wildman–Crippen MR) is 83.8 cm³/mol. The van der Waals surface area contributed by atoms with Crippen LogP contribution in [0, 0.1) is 5.82 Å². The van der Waals surface area contributed by atoms with Gasteiger partial charge < -0.3 is 9.47 Å².